The maximum absolute atomic E-state index is 10.8. The Labute approximate surface area is 87.1 Å². The van der Waals surface area contributed by atoms with Gasteiger partial charge in [0, 0.05) is 11.3 Å². The van der Waals surface area contributed by atoms with Gasteiger partial charge in [-0.25, -0.2) is 0 Å². The van der Waals surface area contributed by atoms with E-state index in [9.17, 15) is 4.79 Å². The minimum absolute atomic E-state index is 0.535. The normalized spacial score (nSPS) is 16.5. The summed E-state index contributed by atoms with van der Waals surface area (Å²) in [6, 6.07) is 5.61. The second kappa shape index (κ2) is 3.19. The van der Waals surface area contributed by atoms with Gasteiger partial charge in [-0.3, -0.25) is 4.79 Å². The monoisotopic (exact) mass is 201 g/mol. The lowest BCUT2D eigenvalue weighted by Gasteiger charge is -2.22. The summed E-state index contributed by atoms with van der Waals surface area (Å²) in [5.41, 5.74) is 2.25. The number of rotatable bonds is 2. The number of aldehydes is 1. The summed E-state index contributed by atoms with van der Waals surface area (Å²) in [4.78, 5) is 10.8. The van der Waals surface area contributed by atoms with Crippen molar-refractivity contribution in [3.8, 4) is 0 Å². The lowest BCUT2D eigenvalue weighted by molar-refractivity contribution is 0.112. The maximum atomic E-state index is 10.8. The van der Waals surface area contributed by atoms with Gasteiger partial charge in [0.25, 0.3) is 0 Å². The molecular weight excluding hydrogens is 190 g/mol. The first-order chi connectivity index (χ1) is 7.40. The standard InChI is InChI=1S/C12H11NO2/c14-7-9-5-2-6-10-11(8-3-1-4-8)13-15-12(9)10/h2,5-8H,1,3-4H2. The molecule has 1 aliphatic carbocycles. The SMILES string of the molecule is O=Cc1cccc2c(C3CCC3)noc12. The van der Waals surface area contributed by atoms with Crippen LogP contribution in [0.15, 0.2) is 22.7 Å². The van der Waals surface area contributed by atoms with E-state index >= 15 is 0 Å². The second-order valence-electron chi connectivity index (χ2n) is 4.04. The molecule has 1 aromatic carbocycles. The van der Waals surface area contributed by atoms with Crippen molar-refractivity contribution in [3.05, 3.63) is 29.5 Å². The van der Waals surface area contributed by atoms with Crippen LogP contribution in [0.3, 0.4) is 0 Å². The first-order valence-electron chi connectivity index (χ1n) is 5.23. The van der Waals surface area contributed by atoms with Gasteiger partial charge in [0.2, 0.25) is 0 Å². The number of para-hydroxylation sites is 1. The smallest absolute Gasteiger partial charge is 0.177 e. The summed E-state index contributed by atoms with van der Waals surface area (Å²) in [5, 5.41) is 5.10. The van der Waals surface area contributed by atoms with Crippen LogP contribution in [0.2, 0.25) is 0 Å². The van der Waals surface area contributed by atoms with Crippen LogP contribution in [-0.2, 0) is 0 Å². The molecule has 1 aromatic heterocycles. The van der Waals surface area contributed by atoms with E-state index in [0.717, 1.165) is 17.4 Å². The van der Waals surface area contributed by atoms with Crippen molar-refractivity contribution >= 4 is 17.3 Å². The fourth-order valence-corrected chi connectivity index (χ4v) is 2.07. The lowest BCUT2D eigenvalue weighted by Crippen LogP contribution is -2.09. The molecule has 0 saturated heterocycles. The highest BCUT2D eigenvalue weighted by Gasteiger charge is 2.25. The van der Waals surface area contributed by atoms with E-state index in [1.807, 2.05) is 12.1 Å². The molecule has 2 aromatic rings. The highest BCUT2D eigenvalue weighted by Crippen LogP contribution is 2.39. The molecule has 3 rings (SSSR count). The first-order valence-corrected chi connectivity index (χ1v) is 5.23. The van der Waals surface area contributed by atoms with Gasteiger partial charge in [-0.1, -0.05) is 17.6 Å². The molecule has 0 N–H and O–H groups in total. The molecule has 0 radical (unpaired) electrons. The molecule has 1 aliphatic rings. The average Bonchev–Trinajstić information content (AvgIpc) is 2.59. The van der Waals surface area contributed by atoms with Gasteiger partial charge in [-0.15, -0.1) is 0 Å². The van der Waals surface area contributed by atoms with Crippen molar-refractivity contribution in [1.29, 1.82) is 0 Å². The van der Waals surface area contributed by atoms with Gasteiger partial charge in [0.1, 0.15) is 0 Å². The zero-order valence-corrected chi connectivity index (χ0v) is 8.27. The number of carbonyl (C=O) groups is 1. The van der Waals surface area contributed by atoms with Crippen LogP contribution in [-0.4, -0.2) is 11.4 Å². The fourth-order valence-electron chi connectivity index (χ4n) is 2.07. The minimum atomic E-state index is 0.535. The predicted octanol–water partition coefficient (Wildman–Crippen LogP) is 2.91. The molecular formula is C12H11NO2. The highest BCUT2D eigenvalue weighted by atomic mass is 16.5. The van der Waals surface area contributed by atoms with Crippen molar-refractivity contribution in [2.75, 3.05) is 0 Å². The molecule has 1 fully saturated rings. The van der Waals surface area contributed by atoms with Gasteiger partial charge < -0.3 is 4.52 Å². The van der Waals surface area contributed by atoms with E-state index in [2.05, 4.69) is 5.16 Å². The summed E-state index contributed by atoms with van der Waals surface area (Å²) in [6.45, 7) is 0. The third kappa shape index (κ3) is 1.19. The molecule has 1 heterocycles. The number of benzene rings is 1. The number of carbonyl (C=O) groups excluding carboxylic acids is 1. The minimum Gasteiger partial charge on any atom is -0.355 e. The van der Waals surface area contributed by atoms with Crippen LogP contribution in [0, 0.1) is 0 Å². The molecule has 0 amide bonds. The van der Waals surface area contributed by atoms with Crippen LogP contribution < -0.4 is 0 Å². The Bertz CT molecular complexity index is 511. The Morgan fingerprint density at radius 2 is 2.27 bits per heavy atom. The van der Waals surface area contributed by atoms with Crippen molar-refractivity contribution in [2.45, 2.75) is 25.2 Å². The molecule has 0 atom stereocenters. The molecule has 0 unspecified atom stereocenters. The second-order valence-corrected chi connectivity index (χ2v) is 4.04. The van der Waals surface area contributed by atoms with Gasteiger partial charge in [-0.05, 0) is 25.0 Å². The van der Waals surface area contributed by atoms with Crippen molar-refractivity contribution in [1.82, 2.24) is 5.16 Å². The Morgan fingerprint density at radius 1 is 1.40 bits per heavy atom. The highest BCUT2D eigenvalue weighted by molar-refractivity contribution is 5.95. The van der Waals surface area contributed by atoms with E-state index in [1.165, 1.54) is 19.3 Å². The maximum Gasteiger partial charge on any atom is 0.177 e. The number of hydrogen-bond acceptors (Lipinski definition) is 3. The molecule has 0 bridgehead atoms. The van der Waals surface area contributed by atoms with Crippen molar-refractivity contribution < 1.29 is 9.32 Å². The molecule has 3 nitrogen and oxygen atoms in total. The van der Waals surface area contributed by atoms with E-state index in [0.29, 0.717) is 17.1 Å². The average molecular weight is 201 g/mol. The zero-order valence-electron chi connectivity index (χ0n) is 8.27. The molecule has 15 heavy (non-hydrogen) atoms. The summed E-state index contributed by atoms with van der Waals surface area (Å²) in [6.07, 6.45) is 4.46. The molecule has 1 saturated carbocycles. The fraction of sp³-hybridized carbons (Fsp3) is 0.333. The Kier molecular flexibility index (Phi) is 1.84. The van der Waals surface area contributed by atoms with Gasteiger partial charge >= 0.3 is 0 Å². The lowest BCUT2D eigenvalue weighted by atomic mass is 9.82. The Hall–Kier alpha value is -1.64. The van der Waals surface area contributed by atoms with Crippen molar-refractivity contribution in [3.63, 3.8) is 0 Å². The van der Waals surface area contributed by atoms with E-state index in [-0.39, 0.29) is 0 Å². The predicted molar refractivity (Wildman–Crippen MR) is 56.0 cm³/mol. The van der Waals surface area contributed by atoms with Crippen molar-refractivity contribution in [2.24, 2.45) is 0 Å². The summed E-state index contributed by atoms with van der Waals surface area (Å²) >= 11 is 0. The van der Waals surface area contributed by atoms with E-state index < -0.39 is 0 Å². The van der Waals surface area contributed by atoms with Crippen LogP contribution in [0.5, 0.6) is 0 Å². The Morgan fingerprint density at radius 3 is 2.93 bits per heavy atom. The van der Waals surface area contributed by atoms with Crippen LogP contribution in [0.1, 0.15) is 41.2 Å². The molecule has 76 valence electrons. The van der Waals surface area contributed by atoms with Gasteiger partial charge in [0.15, 0.2) is 11.9 Å². The van der Waals surface area contributed by atoms with Gasteiger partial charge in [-0.2, -0.15) is 0 Å². The number of fused-ring (bicyclic) bond motifs is 1. The van der Waals surface area contributed by atoms with Crippen LogP contribution in [0.25, 0.3) is 11.0 Å². The zero-order chi connectivity index (χ0) is 10.3. The molecule has 0 spiro atoms. The summed E-state index contributed by atoms with van der Waals surface area (Å²) < 4.78 is 5.25. The third-order valence-corrected chi connectivity index (χ3v) is 3.18. The topological polar surface area (TPSA) is 43.1 Å². The number of aromatic nitrogens is 1. The molecule has 0 aliphatic heterocycles. The first kappa shape index (κ1) is 8.65. The summed E-state index contributed by atoms with van der Waals surface area (Å²) in [7, 11) is 0. The van der Waals surface area contributed by atoms with Crippen LogP contribution in [0.4, 0.5) is 0 Å². The number of hydrogen-bond donors (Lipinski definition) is 0. The number of nitrogens with zero attached hydrogens (tertiary/aromatic N) is 1. The molecule has 3 heteroatoms. The van der Waals surface area contributed by atoms with E-state index in [1.54, 1.807) is 6.07 Å². The van der Waals surface area contributed by atoms with Crippen LogP contribution >= 0.6 is 0 Å². The third-order valence-electron chi connectivity index (χ3n) is 3.18. The largest absolute Gasteiger partial charge is 0.355 e. The quantitative estimate of drug-likeness (QED) is 0.701. The Balaban J connectivity index is 2.20. The van der Waals surface area contributed by atoms with Gasteiger partial charge in [0.05, 0.1) is 11.3 Å². The summed E-state index contributed by atoms with van der Waals surface area (Å²) in [5.74, 6) is 0.535. The van der Waals surface area contributed by atoms with E-state index in [4.69, 9.17) is 4.52 Å².